The monoisotopic (exact) mass is 449 g/mol. The quantitative estimate of drug-likeness (QED) is 0.574. The van der Waals surface area contributed by atoms with Crippen molar-refractivity contribution >= 4 is 11.9 Å². The highest BCUT2D eigenvalue weighted by molar-refractivity contribution is 5.80. The van der Waals surface area contributed by atoms with Gasteiger partial charge < -0.3 is 20.2 Å². The summed E-state index contributed by atoms with van der Waals surface area (Å²) in [6.45, 7) is 4.65. The number of aliphatic hydroxyl groups excluding tert-OH is 2. The third-order valence-corrected chi connectivity index (χ3v) is 10.6. The van der Waals surface area contributed by atoms with Crippen molar-refractivity contribution in [3.63, 3.8) is 0 Å². The van der Waals surface area contributed by atoms with Gasteiger partial charge in [-0.25, -0.2) is 0 Å². The zero-order valence-electron chi connectivity index (χ0n) is 20.1. The number of hydrogen-bond acceptors (Lipinski definition) is 4. The van der Waals surface area contributed by atoms with Crippen LogP contribution in [-0.4, -0.2) is 57.9 Å². The Labute approximate surface area is 192 Å². The highest BCUT2D eigenvalue weighted by atomic mass is 16.4. The van der Waals surface area contributed by atoms with Gasteiger partial charge in [0.2, 0.25) is 5.91 Å². The normalized spacial score (nSPS) is 45.5. The number of carboxylic acid groups (broad SMARTS) is 1. The molecule has 0 aliphatic heterocycles. The molecule has 4 fully saturated rings. The van der Waals surface area contributed by atoms with Crippen molar-refractivity contribution in [1.82, 2.24) is 4.90 Å². The highest BCUT2D eigenvalue weighted by Gasteiger charge is 2.62. The number of likely N-dealkylation sites (N-methyl/N-ethyl adjacent to an activating group) is 1. The van der Waals surface area contributed by atoms with E-state index in [2.05, 4.69) is 13.8 Å². The summed E-state index contributed by atoms with van der Waals surface area (Å²) in [6.07, 6.45) is 10.2. The number of aliphatic hydroxyl groups is 2. The van der Waals surface area contributed by atoms with Crippen LogP contribution >= 0.6 is 0 Å². The standard InChI is InChI=1S/C26H43NO5/c1-25-12-10-20-24(21(29)14-17-13-18(28)9-11-26(17,20)2)19(25)8-7-16(25)5-4-6-22(30)27(3)15-23(31)32/h16-21,24,28-29H,4-15H2,1-3H3,(H,31,32)/t16-,17?,18+,19?,20?,21+,24?,25+,26-/m0/s1. The van der Waals surface area contributed by atoms with Crippen molar-refractivity contribution in [2.24, 2.45) is 40.4 Å². The predicted octanol–water partition coefficient (Wildman–Crippen LogP) is 3.69. The van der Waals surface area contributed by atoms with E-state index >= 15 is 0 Å². The van der Waals surface area contributed by atoms with Crippen LogP contribution in [-0.2, 0) is 9.59 Å². The van der Waals surface area contributed by atoms with Crippen LogP contribution < -0.4 is 0 Å². The van der Waals surface area contributed by atoms with Crippen molar-refractivity contribution in [2.45, 2.75) is 96.7 Å². The zero-order chi connectivity index (χ0) is 23.3. The maximum absolute atomic E-state index is 12.2. The molecule has 32 heavy (non-hydrogen) atoms. The van der Waals surface area contributed by atoms with Crippen molar-refractivity contribution < 1.29 is 24.9 Å². The van der Waals surface area contributed by atoms with Crippen LogP contribution in [0.3, 0.4) is 0 Å². The number of aliphatic carboxylic acids is 1. The summed E-state index contributed by atoms with van der Waals surface area (Å²) in [7, 11) is 1.56. The fourth-order valence-electron chi connectivity index (χ4n) is 8.76. The molecule has 0 bridgehead atoms. The number of carboxylic acids is 1. The number of carbonyl (C=O) groups excluding carboxylic acids is 1. The average molecular weight is 450 g/mol. The van der Waals surface area contributed by atoms with Gasteiger partial charge in [-0.05, 0) is 105 Å². The number of rotatable bonds is 6. The molecule has 0 saturated heterocycles. The van der Waals surface area contributed by atoms with E-state index in [9.17, 15) is 19.8 Å². The Morgan fingerprint density at radius 2 is 1.66 bits per heavy atom. The van der Waals surface area contributed by atoms with E-state index in [1.165, 1.54) is 30.6 Å². The Morgan fingerprint density at radius 1 is 0.969 bits per heavy atom. The molecule has 0 spiro atoms. The molecule has 182 valence electrons. The Hall–Kier alpha value is -1.14. The van der Waals surface area contributed by atoms with Gasteiger partial charge in [0.25, 0.3) is 0 Å². The SMILES string of the molecule is CN(CC(=O)O)C(=O)CCC[C@H]1CCC2C3C(CC[C@@]21C)[C@@]1(C)CC[C@@H](O)CC1C[C@H]3O. The van der Waals surface area contributed by atoms with Crippen molar-refractivity contribution in [3.8, 4) is 0 Å². The second kappa shape index (κ2) is 8.90. The fourth-order valence-corrected chi connectivity index (χ4v) is 8.76. The number of nitrogens with zero attached hydrogens (tertiary/aromatic N) is 1. The molecule has 6 heteroatoms. The van der Waals surface area contributed by atoms with E-state index < -0.39 is 5.97 Å². The van der Waals surface area contributed by atoms with Gasteiger partial charge in [-0.3, -0.25) is 9.59 Å². The molecule has 0 aromatic carbocycles. The number of amides is 1. The van der Waals surface area contributed by atoms with E-state index in [1.54, 1.807) is 7.05 Å². The Bertz CT molecular complexity index is 727. The maximum atomic E-state index is 12.2. The summed E-state index contributed by atoms with van der Waals surface area (Å²) in [4.78, 5) is 24.4. The van der Waals surface area contributed by atoms with Crippen molar-refractivity contribution in [3.05, 3.63) is 0 Å². The molecule has 3 N–H and O–H groups in total. The van der Waals surface area contributed by atoms with Crippen molar-refractivity contribution in [2.75, 3.05) is 13.6 Å². The summed E-state index contributed by atoms with van der Waals surface area (Å²) < 4.78 is 0. The highest BCUT2D eigenvalue weighted by Crippen LogP contribution is 2.67. The second-order valence-electron chi connectivity index (χ2n) is 12.1. The largest absolute Gasteiger partial charge is 0.480 e. The first-order valence-corrected chi connectivity index (χ1v) is 12.9. The van der Waals surface area contributed by atoms with Gasteiger partial charge in [0.05, 0.1) is 12.2 Å². The first kappa shape index (κ1) is 24.0. The predicted molar refractivity (Wildman–Crippen MR) is 122 cm³/mol. The van der Waals surface area contributed by atoms with E-state index in [4.69, 9.17) is 5.11 Å². The lowest BCUT2D eigenvalue weighted by Crippen LogP contribution is -2.58. The van der Waals surface area contributed by atoms with Gasteiger partial charge in [-0.2, -0.15) is 0 Å². The van der Waals surface area contributed by atoms with E-state index in [1.807, 2.05) is 0 Å². The number of carbonyl (C=O) groups is 2. The lowest BCUT2D eigenvalue weighted by Gasteiger charge is -2.62. The molecule has 4 saturated carbocycles. The molecule has 0 aromatic rings. The van der Waals surface area contributed by atoms with Gasteiger partial charge in [-0.1, -0.05) is 13.8 Å². The molecule has 4 unspecified atom stereocenters. The van der Waals surface area contributed by atoms with Crippen molar-refractivity contribution in [1.29, 1.82) is 0 Å². The molecule has 0 radical (unpaired) electrons. The van der Waals surface area contributed by atoms with Crippen LogP contribution in [0.15, 0.2) is 0 Å². The third-order valence-electron chi connectivity index (χ3n) is 10.6. The van der Waals surface area contributed by atoms with Gasteiger partial charge in [0.15, 0.2) is 0 Å². The molecule has 9 atom stereocenters. The Balaban J connectivity index is 1.40. The minimum Gasteiger partial charge on any atom is -0.480 e. The lowest BCUT2D eigenvalue weighted by atomic mass is 9.44. The van der Waals surface area contributed by atoms with E-state index in [0.717, 1.165) is 38.5 Å². The van der Waals surface area contributed by atoms with Gasteiger partial charge in [-0.15, -0.1) is 0 Å². The summed E-state index contributed by atoms with van der Waals surface area (Å²) in [5, 5.41) is 30.4. The fraction of sp³-hybridized carbons (Fsp3) is 0.923. The molecule has 6 nitrogen and oxygen atoms in total. The van der Waals surface area contributed by atoms with E-state index in [-0.39, 0.29) is 35.5 Å². The van der Waals surface area contributed by atoms with Crippen LogP contribution in [0.1, 0.15) is 84.5 Å². The molecule has 4 rings (SSSR count). The molecular formula is C26H43NO5. The number of hydrogen-bond donors (Lipinski definition) is 3. The van der Waals surface area contributed by atoms with Crippen LogP contribution in [0.4, 0.5) is 0 Å². The number of fused-ring (bicyclic) bond motifs is 5. The summed E-state index contributed by atoms with van der Waals surface area (Å²) in [5.74, 6) is 1.45. The minimum absolute atomic E-state index is 0.0861. The van der Waals surface area contributed by atoms with Crippen LogP contribution in [0.5, 0.6) is 0 Å². The smallest absolute Gasteiger partial charge is 0.323 e. The molecule has 0 heterocycles. The first-order chi connectivity index (χ1) is 15.1. The summed E-state index contributed by atoms with van der Waals surface area (Å²) in [5.41, 5.74) is 0.485. The average Bonchev–Trinajstić information content (AvgIpc) is 3.05. The Morgan fingerprint density at radius 3 is 2.38 bits per heavy atom. The molecule has 4 aliphatic carbocycles. The summed E-state index contributed by atoms with van der Waals surface area (Å²) >= 11 is 0. The maximum Gasteiger partial charge on any atom is 0.323 e. The van der Waals surface area contributed by atoms with E-state index in [0.29, 0.717) is 36.0 Å². The molecule has 4 aliphatic rings. The summed E-state index contributed by atoms with van der Waals surface area (Å²) in [6, 6.07) is 0. The van der Waals surface area contributed by atoms with Gasteiger partial charge in [0, 0.05) is 13.5 Å². The minimum atomic E-state index is -0.974. The van der Waals surface area contributed by atoms with Crippen LogP contribution in [0.25, 0.3) is 0 Å². The second-order valence-corrected chi connectivity index (χ2v) is 12.1. The molecular weight excluding hydrogens is 406 g/mol. The molecule has 0 aromatic heterocycles. The first-order valence-electron chi connectivity index (χ1n) is 12.9. The van der Waals surface area contributed by atoms with Crippen LogP contribution in [0, 0.1) is 40.4 Å². The van der Waals surface area contributed by atoms with Gasteiger partial charge >= 0.3 is 5.97 Å². The van der Waals surface area contributed by atoms with Crippen LogP contribution in [0.2, 0.25) is 0 Å². The Kier molecular flexibility index (Phi) is 6.68. The topological polar surface area (TPSA) is 98.1 Å². The molecule has 1 amide bonds. The zero-order valence-corrected chi connectivity index (χ0v) is 20.1. The van der Waals surface area contributed by atoms with Gasteiger partial charge in [0.1, 0.15) is 6.54 Å². The third kappa shape index (κ3) is 4.11. The lowest BCUT2D eigenvalue weighted by molar-refractivity contribution is -0.172.